The third kappa shape index (κ3) is 3.17. The van der Waals surface area contributed by atoms with Crippen LogP contribution >= 0.6 is 0 Å². The molecule has 10 heavy (non-hydrogen) atoms. The standard InChI is InChI=1S/C6H8F2O2/c1-2-4(9)3-5(10)6(7)8/h3,6,10H,2H2,1H3/b5-3-. The van der Waals surface area contributed by atoms with Crippen molar-refractivity contribution in [2.24, 2.45) is 0 Å². The summed E-state index contributed by atoms with van der Waals surface area (Å²) in [5, 5.41) is 8.32. The quantitative estimate of drug-likeness (QED) is 0.490. The second-order valence-corrected chi connectivity index (χ2v) is 1.69. The fraction of sp³-hybridized carbons (Fsp3) is 0.500. The number of halogens is 2. The average Bonchev–Trinajstić information content (AvgIpc) is 1.87. The first-order valence-electron chi connectivity index (χ1n) is 2.79. The summed E-state index contributed by atoms with van der Waals surface area (Å²) in [6, 6.07) is 0. The van der Waals surface area contributed by atoms with Crippen molar-refractivity contribution in [2.75, 3.05) is 0 Å². The summed E-state index contributed by atoms with van der Waals surface area (Å²) in [5.74, 6) is -1.66. The fourth-order valence-corrected chi connectivity index (χ4v) is 0.330. The van der Waals surface area contributed by atoms with Crippen molar-refractivity contribution in [1.82, 2.24) is 0 Å². The number of carbonyl (C=O) groups is 1. The molecule has 1 N–H and O–H groups in total. The van der Waals surface area contributed by atoms with Crippen LogP contribution in [0.4, 0.5) is 8.78 Å². The van der Waals surface area contributed by atoms with Crippen molar-refractivity contribution in [3.63, 3.8) is 0 Å². The summed E-state index contributed by atoms with van der Waals surface area (Å²) < 4.78 is 22.9. The van der Waals surface area contributed by atoms with Gasteiger partial charge in [-0.25, -0.2) is 8.78 Å². The second-order valence-electron chi connectivity index (χ2n) is 1.69. The number of allylic oxidation sites excluding steroid dienone is 2. The number of carbonyl (C=O) groups excluding carboxylic acids is 1. The minimum Gasteiger partial charge on any atom is -0.506 e. The summed E-state index contributed by atoms with van der Waals surface area (Å²) in [7, 11) is 0. The third-order valence-corrected chi connectivity index (χ3v) is 0.881. The van der Waals surface area contributed by atoms with E-state index in [9.17, 15) is 13.6 Å². The van der Waals surface area contributed by atoms with E-state index in [0.29, 0.717) is 6.08 Å². The van der Waals surface area contributed by atoms with Gasteiger partial charge in [0.15, 0.2) is 11.5 Å². The lowest BCUT2D eigenvalue weighted by molar-refractivity contribution is -0.114. The summed E-state index contributed by atoms with van der Waals surface area (Å²) in [4.78, 5) is 10.4. The van der Waals surface area contributed by atoms with Crippen LogP contribution in [0.15, 0.2) is 11.8 Å². The smallest absolute Gasteiger partial charge is 0.294 e. The van der Waals surface area contributed by atoms with E-state index >= 15 is 0 Å². The van der Waals surface area contributed by atoms with E-state index in [1.165, 1.54) is 6.92 Å². The Labute approximate surface area is 57.2 Å². The number of alkyl halides is 2. The van der Waals surface area contributed by atoms with Gasteiger partial charge >= 0.3 is 0 Å². The molecule has 0 aliphatic heterocycles. The van der Waals surface area contributed by atoms with Crippen molar-refractivity contribution in [3.8, 4) is 0 Å². The van der Waals surface area contributed by atoms with E-state index in [1.54, 1.807) is 0 Å². The first-order valence-corrected chi connectivity index (χ1v) is 2.79. The van der Waals surface area contributed by atoms with Gasteiger partial charge in [-0.15, -0.1) is 0 Å². The van der Waals surface area contributed by atoms with E-state index in [2.05, 4.69) is 0 Å². The Morgan fingerprint density at radius 3 is 2.50 bits per heavy atom. The van der Waals surface area contributed by atoms with Gasteiger partial charge in [0, 0.05) is 12.5 Å². The zero-order chi connectivity index (χ0) is 8.15. The molecule has 4 heteroatoms. The van der Waals surface area contributed by atoms with E-state index in [1.807, 2.05) is 0 Å². The number of ketones is 1. The Hall–Kier alpha value is -0.930. The second kappa shape index (κ2) is 3.98. The van der Waals surface area contributed by atoms with E-state index in [4.69, 9.17) is 5.11 Å². The maximum Gasteiger partial charge on any atom is 0.294 e. The normalized spacial score (nSPS) is 12.2. The summed E-state index contributed by atoms with van der Waals surface area (Å²) in [6.45, 7) is 1.53. The average molecular weight is 150 g/mol. The molecular weight excluding hydrogens is 142 g/mol. The van der Waals surface area contributed by atoms with Crippen LogP contribution in [0.3, 0.4) is 0 Å². The molecule has 58 valence electrons. The molecule has 0 amide bonds. The van der Waals surface area contributed by atoms with Crippen LogP contribution in [0.25, 0.3) is 0 Å². The van der Waals surface area contributed by atoms with Gasteiger partial charge in [-0.3, -0.25) is 4.79 Å². The minimum absolute atomic E-state index is 0.122. The number of aliphatic hydroxyl groups excluding tert-OH is 1. The number of hydrogen-bond acceptors (Lipinski definition) is 2. The van der Waals surface area contributed by atoms with Gasteiger partial charge in [0.2, 0.25) is 0 Å². The molecule has 0 saturated heterocycles. The zero-order valence-electron chi connectivity index (χ0n) is 5.47. The molecule has 0 aromatic heterocycles. The highest BCUT2D eigenvalue weighted by Crippen LogP contribution is 2.04. The molecule has 0 aliphatic carbocycles. The molecule has 0 bridgehead atoms. The van der Waals surface area contributed by atoms with Crippen LogP contribution in [0.2, 0.25) is 0 Å². The Balaban J connectivity index is 4.03. The molecule has 0 heterocycles. The Bertz CT molecular complexity index is 152. The summed E-state index contributed by atoms with van der Waals surface area (Å²) in [6.07, 6.45) is -2.28. The van der Waals surface area contributed by atoms with Crippen LogP contribution < -0.4 is 0 Å². The third-order valence-electron chi connectivity index (χ3n) is 0.881. The monoisotopic (exact) mass is 150 g/mol. The molecule has 0 aromatic rings. The molecule has 0 aromatic carbocycles. The van der Waals surface area contributed by atoms with Crippen molar-refractivity contribution in [3.05, 3.63) is 11.8 Å². The summed E-state index contributed by atoms with van der Waals surface area (Å²) in [5.41, 5.74) is 0. The molecule has 0 fully saturated rings. The number of hydrogen-bond donors (Lipinski definition) is 1. The Kier molecular flexibility index (Phi) is 3.61. The zero-order valence-corrected chi connectivity index (χ0v) is 5.47. The SMILES string of the molecule is CCC(=O)/C=C(\O)C(F)F. The van der Waals surface area contributed by atoms with Crippen LogP contribution in [-0.2, 0) is 4.79 Å². The lowest BCUT2D eigenvalue weighted by Gasteiger charge is -1.94. The topological polar surface area (TPSA) is 37.3 Å². The molecule has 0 aliphatic rings. The molecule has 2 nitrogen and oxygen atoms in total. The highest BCUT2D eigenvalue weighted by molar-refractivity contribution is 5.89. The Morgan fingerprint density at radius 2 is 2.20 bits per heavy atom. The largest absolute Gasteiger partial charge is 0.506 e. The van der Waals surface area contributed by atoms with Gasteiger partial charge in [-0.05, 0) is 0 Å². The first kappa shape index (κ1) is 9.07. The molecule has 0 radical (unpaired) electrons. The van der Waals surface area contributed by atoms with Gasteiger partial charge in [-0.2, -0.15) is 0 Å². The first-order chi connectivity index (χ1) is 4.57. The van der Waals surface area contributed by atoms with Gasteiger partial charge in [0.1, 0.15) is 0 Å². The summed E-state index contributed by atoms with van der Waals surface area (Å²) >= 11 is 0. The predicted octanol–water partition coefficient (Wildman–Crippen LogP) is 1.67. The van der Waals surface area contributed by atoms with Crippen molar-refractivity contribution in [2.45, 2.75) is 19.8 Å². The molecule has 0 rings (SSSR count). The molecular formula is C6H8F2O2. The van der Waals surface area contributed by atoms with Crippen LogP contribution in [0.1, 0.15) is 13.3 Å². The van der Waals surface area contributed by atoms with Gasteiger partial charge < -0.3 is 5.11 Å². The Morgan fingerprint density at radius 1 is 1.70 bits per heavy atom. The van der Waals surface area contributed by atoms with Gasteiger partial charge in [-0.1, -0.05) is 6.92 Å². The van der Waals surface area contributed by atoms with Crippen LogP contribution in [0, 0.1) is 0 Å². The van der Waals surface area contributed by atoms with E-state index < -0.39 is 18.0 Å². The van der Waals surface area contributed by atoms with Gasteiger partial charge in [0.25, 0.3) is 6.43 Å². The number of rotatable bonds is 3. The molecule has 0 atom stereocenters. The van der Waals surface area contributed by atoms with Crippen molar-refractivity contribution >= 4 is 5.78 Å². The fourth-order valence-electron chi connectivity index (χ4n) is 0.330. The lowest BCUT2D eigenvalue weighted by atomic mass is 10.3. The molecule has 0 saturated carbocycles. The van der Waals surface area contributed by atoms with Crippen LogP contribution in [-0.4, -0.2) is 17.3 Å². The van der Waals surface area contributed by atoms with E-state index in [0.717, 1.165) is 0 Å². The maximum absolute atomic E-state index is 11.5. The molecule has 0 spiro atoms. The lowest BCUT2D eigenvalue weighted by Crippen LogP contribution is -1.99. The predicted molar refractivity (Wildman–Crippen MR) is 32.0 cm³/mol. The maximum atomic E-state index is 11.5. The number of aliphatic hydroxyl groups is 1. The van der Waals surface area contributed by atoms with E-state index in [-0.39, 0.29) is 6.42 Å². The highest BCUT2D eigenvalue weighted by Gasteiger charge is 2.09. The van der Waals surface area contributed by atoms with Crippen molar-refractivity contribution in [1.29, 1.82) is 0 Å². The van der Waals surface area contributed by atoms with Crippen LogP contribution in [0.5, 0.6) is 0 Å². The van der Waals surface area contributed by atoms with Crippen molar-refractivity contribution < 1.29 is 18.7 Å². The molecule has 0 unspecified atom stereocenters. The minimum atomic E-state index is -2.95. The highest BCUT2D eigenvalue weighted by atomic mass is 19.3. The van der Waals surface area contributed by atoms with Gasteiger partial charge in [0.05, 0.1) is 0 Å².